The summed E-state index contributed by atoms with van der Waals surface area (Å²) >= 11 is 11.9. The van der Waals surface area contributed by atoms with E-state index in [0.717, 1.165) is 22.7 Å². The molecule has 1 N–H and O–H groups in total. The summed E-state index contributed by atoms with van der Waals surface area (Å²) in [5.41, 5.74) is 6.29. The van der Waals surface area contributed by atoms with E-state index in [9.17, 15) is 0 Å². The molecule has 0 unspecified atom stereocenters. The number of rotatable bonds is 3. The third-order valence-corrected chi connectivity index (χ3v) is 3.38. The minimum atomic E-state index is 0.474. The van der Waals surface area contributed by atoms with Crippen LogP contribution in [0.3, 0.4) is 0 Å². The Morgan fingerprint density at radius 3 is 2.30 bits per heavy atom. The van der Waals surface area contributed by atoms with Crippen molar-refractivity contribution in [3.63, 3.8) is 0 Å². The number of aromatic nitrogens is 2. The van der Waals surface area contributed by atoms with Crippen molar-refractivity contribution in [2.45, 2.75) is 20.8 Å². The fourth-order valence-electron chi connectivity index (χ4n) is 1.70. The second kappa shape index (κ2) is 6.20. The maximum atomic E-state index is 5.98. The van der Waals surface area contributed by atoms with Crippen LogP contribution in [0.5, 0.6) is 0 Å². The van der Waals surface area contributed by atoms with E-state index in [-0.39, 0.29) is 0 Å². The fraction of sp³-hybridized carbons (Fsp3) is 0.214. The summed E-state index contributed by atoms with van der Waals surface area (Å²) in [5, 5.41) is 5.28. The Kier molecular flexibility index (Phi) is 4.57. The molecule has 2 aromatic rings. The number of hydrogen-bond acceptors (Lipinski definition) is 4. The summed E-state index contributed by atoms with van der Waals surface area (Å²) in [6.45, 7) is 5.69. The summed E-state index contributed by atoms with van der Waals surface area (Å²) in [7, 11) is 0. The van der Waals surface area contributed by atoms with Crippen LogP contribution >= 0.6 is 23.2 Å². The van der Waals surface area contributed by atoms with Gasteiger partial charge in [0, 0.05) is 11.4 Å². The van der Waals surface area contributed by atoms with Crippen molar-refractivity contribution in [2.75, 3.05) is 5.43 Å². The van der Waals surface area contributed by atoms with E-state index < -0.39 is 0 Å². The van der Waals surface area contributed by atoms with Crippen LogP contribution in [0.1, 0.15) is 23.9 Å². The van der Waals surface area contributed by atoms with Crippen molar-refractivity contribution in [3.05, 3.63) is 51.3 Å². The van der Waals surface area contributed by atoms with Gasteiger partial charge in [-0.1, -0.05) is 29.3 Å². The van der Waals surface area contributed by atoms with Crippen molar-refractivity contribution in [2.24, 2.45) is 5.10 Å². The molecule has 0 saturated heterocycles. The number of anilines is 1. The molecule has 0 spiro atoms. The van der Waals surface area contributed by atoms with Gasteiger partial charge in [0.15, 0.2) is 0 Å². The van der Waals surface area contributed by atoms with Crippen LogP contribution in [0.15, 0.2) is 29.4 Å². The topological polar surface area (TPSA) is 50.2 Å². The molecule has 2 rings (SSSR count). The maximum absolute atomic E-state index is 5.98. The first-order valence-corrected chi connectivity index (χ1v) is 6.79. The van der Waals surface area contributed by atoms with Gasteiger partial charge in [-0.15, -0.1) is 0 Å². The molecule has 1 aromatic carbocycles. The molecule has 104 valence electrons. The fourth-order valence-corrected chi connectivity index (χ4v) is 1.99. The molecule has 0 aliphatic carbocycles. The summed E-state index contributed by atoms with van der Waals surface area (Å²) in [4.78, 5) is 8.51. The zero-order valence-electron chi connectivity index (χ0n) is 11.4. The largest absolute Gasteiger partial charge is 0.245 e. The summed E-state index contributed by atoms with van der Waals surface area (Å²) in [6, 6.07) is 7.27. The van der Waals surface area contributed by atoms with Crippen molar-refractivity contribution in [1.29, 1.82) is 0 Å². The quantitative estimate of drug-likeness (QED) is 0.681. The molecule has 0 aliphatic heterocycles. The molecule has 0 atom stereocenters. The predicted octanol–water partition coefficient (Wildman–Crippen LogP) is 4.24. The van der Waals surface area contributed by atoms with Crippen molar-refractivity contribution >= 4 is 34.9 Å². The molecule has 4 nitrogen and oxygen atoms in total. The third kappa shape index (κ3) is 3.68. The van der Waals surface area contributed by atoms with Gasteiger partial charge in [0.25, 0.3) is 0 Å². The van der Waals surface area contributed by atoms with E-state index in [1.807, 2.05) is 32.9 Å². The Labute approximate surface area is 127 Å². The van der Waals surface area contributed by atoms with Gasteiger partial charge in [-0.05, 0) is 44.5 Å². The summed E-state index contributed by atoms with van der Waals surface area (Å²) < 4.78 is 0. The van der Waals surface area contributed by atoms with Crippen LogP contribution in [-0.2, 0) is 0 Å². The Morgan fingerprint density at radius 1 is 1.05 bits per heavy atom. The van der Waals surface area contributed by atoms with Gasteiger partial charge in [0.05, 0.1) is 15.8 Å². The van der Waals surface area contributed by atoms with E-state index in [2.05, 4.69) is 20.5 Å². The van der Waals surface area contributed by atoms with Gasteiger partial charge >= 0.3 is 0 Å². The van der Waals surface area contributed by atoms with Gasteiger partial charge < -0.3 is 0 Å². The lowest BCUT2D eigenvalue weighted by atomic mass is 10.1. The molecular weight excluding hydrogens is 295 g/mol. The second-order valence-corrected chi connectivity index (χ2v) is 5.23. The highest BCUT2D eigenvalue weighted by atomic mass is 35.5. The highest BCUT2D eigenvalue weighted by Gasteiger charge is 2.03. The second-order valence-electron chi connectivity index (χ2n) is 4.41. The molecule has 20 heavy (non-hydrogen) atoms. The number of nitrogens with zero attached hydrogens (tertiary/aromatic N) is 3. The number of benzene rings is 1. The molecule has 0 saturated carbocycles. The summed E-state index contributed by atoms with van der Waals surface area (Å²) in [5.74, 6) is 0.474. The van der Waals surface area contributed by atoms with Gasteiger partial charge in [0.2, 0.25) is 5.95 Å². The first kappa shape index (κ1) is 14.8. The lowest BCUT2D eigenvalue weighted by Crippen LogP contribution is -2.03. The molecule has 0 fully saturated rings. The highest BCUT2D eigenvalue weighted by molar-refractivity contribution is 6.42. The summed E-state index contributed by atoms with van der Waals surface area (Å²) in [6.07, 6.45) is 0. The van der Waals surface area contributed by atoms with E-state index in [1.54, 1.807) is 12.1 Å². The van der Waals surface area contributed by atoms with Crippen molar-refractivity contribution in [1.82, 2.24) is 9.97 Å². The monoisotopic (exact) mass is 308 g/mol. The lowest BCUT2D eigenvalue weighted by Gasteiger charge is -2.05. The number of nitrogens with one attached hydrogen (secondary N) is 1. The van der Waals surface area contributed by atoms with Crippen LogP contribution in [0.4, 0.5) is 5.95 Å². The maximum Gasteiger partial charge on any atom is 0.243 e. The van der Waals surface area contributed by atoms with Gasteiger partial charge in [-0.25, -0.2) is 15.4 Å². The van der Waals surface area contributed by atoms with Gasteiger partial charge in [-0.2, -0.15) is 5.10 Å². The zero-order chi connectivity index (χ0) is 14.7. The van der Waals surface area contributed by atoms with E-state index >= 15 is 0 Å². The molecule has 6 heteroatoms. The Bertz CT molecular complexity index is 648. The standard InChI is InChI=1S/C14H14Cl2N4/c1-8-6-9(2)18-14(17-8)20-19-10(3)11-4-5-12(15)13(16)7-11/h4-7H,1-3H3,(H,17,18,20)/b19-10-. The van der Waals surface area contributed by atoms with Gasteiger partial charge in [-0.3, -0.25) is 0 Å². The average Bonchev–Trinajstić information content (AvgIpc) is 2.38. The molecule has 0 radical (unpaired) electrons. The van der Waals surface area contributed by atoms with Crippen LogP contribution in [0.25, 0.3) is 0 Å². The zero-order valence-corrected chi connectivity index (χ0v) is 12.9. The smallest absolute Gasteiger partial charge is 0.243 e. The minimum absolute atomic E-state index is 0.474. The number of hydrogen-bond donors (Lipinski definition) is 1. The van der Waals surface area contributed by atoms with Gasteiger partial charge in [0.1, 0.15) is 0 Å². The lowest BCUT2D eigenvalue weighted by molar-refractivity contribution is 1.03. The molecule has 0 aliphatic rings. The Hall–Kier alpha value is -1.65. The van der Waals surface area contributed by atoms with Crippen molar-refractivity contribution < 1.29 is 0 Å². The third-order valence-electron chi connectivity index (χ3n) is 2.64. The Balaban J connectivity index is 2.19. The van der Waals surface area contributed by atoms with Crippen molar-refractivity contribution in [3.8, 4) is 0 Å². The number of aryl methyl sites for hydroxylation is 2. The molecule has 1 aromatic heterocycles. The molecule has 0 bridgehead atoms. The van der Waals surface area contributed by atoms with E-state index in [0.29, 0.717) is 16.0 Å². The van der Waals surface area contributed by atoms with Crippen LogP contribution in [0, 0.1) is 13.8 Å². The van der Waals surface area contributed by atoms with Crippen LogP contribution < -0.4 is 5.43 Å². The van der Waals surface area contributed by atoms with Crippen LogP contribution in [0.2, 0.25) is 10.0 Å². The minimum Gasteiger partial charge on any atom is -0.245 e. The normalized spacial score (nSPS) is 11.6. The SMILES string of the molecule is C/C(=N/Nc1nc(C)cc(C)n1)c1ccc(Cl)c(Cl)c1. The predicted molar refractivity (Wildman–Crippen MR) is 83.8 cm³/mol. The first-order valence-electron chi connectivity index (χ1n) is 6.03. The van der Waals surface area contributed by atoms with Crippen LogP contribution in [-0.4, -0.2) is 15.7 Å². The molecule has 1 heterocycles. The van der Waals surface area contributed by atoms with E-state index in [4.69, 9.17) is 23.2 Å². The van der Waals surface area contributed by atoms with E-state index in [1.165, 1.54) is 0 Å². The number of halogens is 2. The number of hydrazone groups is 1. The average molecular weight is 309 g/mol. The highest BCUT2D eigenvalue weighted by Crippen LogP contribution is 2.22. The Morgan fingerprint density at radius 2 is 1.70 bits per heavy atom. The first-order chi connectivity index (χ1) is 9.45. The molecular formula is C14H14Cl2N4. The molecule has 0 amide bonds.